The molecular formula is C16H28ClN5. The highest BCUT2D eigenvalue weighted by atomic mass is 35.5. The number of aryl methyl sites for hydroxylation is 2. The fourth-order valence-electron chi connectivity index (χ4n) is 2.39. The second kappa shape index (κ2) is 8.96. The summed E-state index contributed by atoms with van der Waals surface area (Å²) in [5.41, 5.74) is 3.62. The van der Waals surface area contributed by atoms with Crippen molar-refractivity contribution in [1.82, 2.24) is 24.9 Å². The van der Waals surface area contributed by atoms with Gasteiger partial charge in [0.25, 0.3) is 0 Å². The lowest BCUT2D eigenvalue weighted by molar-refractivity contribution is 0.482. The minimum atomic E-state index is 0. The van der Waals surface area contributed by atoms with Crippen molar-refractivity contribution in [1.29, 1.82) is 0 Å². The molecule has 2 aromatic heterocycles. The molecule has 1 N–H and O–H groups in total. The van der Waals surface area contributed by atoms with E-state index in [-0.39, 0.29) is 12.4 Å². The maximum atomic E-state index is 4.52. The summed E-state index contributed by atoms with van der Waals surface area (Å²) in [5, 5.41) is 12.4. The molecule has 0 saturated carbocycles. The van der Waals surface area contributed by atoms with Crippen molar-refractivity contribution in [3.8, 4) is 0 Å². The quantitative estimate of drug-likeness (QED) is 0.811. The predicted octanol–water partition coefficient (Wildman–Crippen LogP) is 3.17. The van der Waals surface area contributed by atoms with Crippen LogP contribution in [-0.2, 0) is 26.2 Å². The highest BCUT2D eigenvalue weighted by Crippen LogP contribution is 2.07. The molecule has 0 fully saturated rings. The van der Waals surface area contributed by atoms with Gasteiger partial charge in [0, 0.05) is 49.7 Å². The second-order valence-electron chi connectivity index (χ2n) is 6.07. The monoisotopic (exact) mass is 325 g/mol. The lowest BCUT2D eigenvalue weighted by atomic mass is 10.2. The van der Waals surface area contributed by atoms with Crippen LogP contribution in [0.3, 0.4) is 0 Å². The Morgan fingerprint density at radius 1 is 1.18 bits per heavy atom. The highest BCUT2D eigenvalue weighted by molar-refractivity contribution is 5.85. The van der Waals surface area contributed by atoms with Gasteiger partial charge in [0.15, 0.2) is 0 Å². The number of hydrogen-bond donors (Lipinski definition) is 1. The Balaban J connectivity index is 0.00000242. The van der Waals surface area contributed by atoms with Crippen LogP contribution in [-0.4, -0.2) is 19.6 Å². The van der Waals surface area contributed by atoms with Crippen molar-refractivity contribution in [3.05, 3.63) is 35.4 Å². The van der Waals surface area contributed by atoms with Crippen LogP contribution in [0.5, 0.6) is 0 Å². The molecule has 2 heterocycles. The molecule has 0 radical (unpaired) electrons. The molecule has 0 aliphatic carbocycles. The van der Waals surface area contributed by atoms with Gasteiger partial charge < -0.3 is 5.32 Å². The lowest BCUT2D eigenvalue weighted by Gasteiger charge is -2.04. The first-order chi connectivity index (χ1) is 10.1. The smallest absolute Gasteiger partial charge is 0.0638 e. The van der Waals surface area contributed by atoms with Crippen LogP contribution < -0.4 is 5.32 Å². The third-order valence-electron chi connectivity index (χ3n) is 3.38. The Morgan fingerprint density at radius 2 is 1.95 bits per heavy atom. The number of halogens is 1. The average molecular weight is 326 g/mol. The molecule has 22 heavy (non-hydrogen) atoms. The van der Waals surface area contributed by atoms with Crippen molar-refractivity contribution in [3.63, 3.8) is 0 Å². The molecular weight excluding hydrogens is 298 g/mol. The number of aromatic nitrogens is 4. The lowest BCUT2D eigenvalue weighted by Crippen LogP contribution is -2.12. The van der Waals surface area contributed by atoms with Crippen molar-refractivity contribution >= 4 is 12.4 Å². The topological polar surface area (TPSA) is 47.7 Å². The zero-order valence-corrected chi connectivity index (χ0v) is 14.9. The van der Waals surface area contributed by atoms with Gasteiger partial charge in [-0.3, -0.25) is 9.36 Å². The summed E-state index contributed by atoms with van der Waals surface area (Å²) in [7, 11) is 0. The third-order valence-corrected chi connectivity index (χ3v) is 3.38. The Morgan fingerprint density at radius 3 is 2.64 bits per heavy atom. The van der Waals surface area contributed by atoms with Gasteiger partial charge >= 0.3 is 0 Å². The van der Waals surface area contributed by atoms with E-state index in [1.165, 1.54) is 11.1 Å². The van der Waals surface area contributed by atoms with Crippen LogP contribution in [0.4, 0.5) is 0 Å². The fraction of sp³-hybridized carbons (Fsp3) is 0.625. The first-order valence-electron chi connectivity index (χ1n) is 7.83. The van der Waals surface area contributed by atoms with E-state index < -0.39 is 0 Å². The third kappa shape index (κ3) is 5.46. The van der Waals surface area contributed by atoms with E-state index in [2.05, 4.69) is 55.6 Å². The van der Waals surface area contributed by atoms with Crippen molar-refractivity contribution in [2.45, 2.75) is 60.3 Å². The average Bonchev–Trinajstić information content (AvgIpc) is 2.97. The molecule has 5 nitrogen and oxygen atoms in total. The van der Waals surface area contributed by atoms with Gasteiger partial charge in [0.1, 0.15) is 0 Å². The van der Waals surface area contributed by atoms with Crippen molar-refractivity contribution in [2.75, 3.05) is 0 Å². The van der Waals surface area contributed by atoms with Gasteiger partial charge in [-0.2, -0.15) is 10.2 Å². The summed E-state index contributed by atoms with van der Waals surface area (Å²) in [6, 6.07) is 0. The van der Waals surface area contributed by atoms with Gasteiger partial charge in [-0.1, -0.05) is 20.8 Å². The molecule has 2 rings (SSSR count). The number of nitrogens with one attached hydrogen (secondary N) is 1. The summed E-state index contributed by atoms with van der Waals surface area (Å²) in [4.78, 5) is 0. The molecule has 0 spiro atoms. The minimum Gasteiger partial charge on any atom is -0.308 e. The molecule has 0 aliphatic rings. The molecule has 2 aromatic rings. The number of nitrogens with zero attached hydrogens (tertiary/aromatic N) is 4. The molecule has 0 saturated heterocycles. The van der Waals surface area contributed by atoms with E-state index in [4.69, 9.17) is 0 Å². The molecule has 6 heteroatoms. The van der Waals surface area contributed by atoms with Gasteiger partial charge in [-0.05, 0) is 19.3 Å². The van der Waals surface area contributed by atoms with Crippen molar-refractivity contribution in [2.24, 2.45) is 5.92 Å². The Bertz CT molecular complexity index is 559. The first-order valence-corrected chi connectivity index (χ1v) is 7.83. The normalized spacial score (nSPS) is 11.0. The summed E-state index contributed by atoms with van der Waals surface area (Å²) in [6.45, 7) is 12.3. The molecule has 0 aromatic carbocycles. The van der Waals surface area contributed by atoms with E-state index >= 15 is 0 Å². The largest absolute Gasteiger partial charge is 0.308 e. The number of hydrogen-bond acceptors (Lipinski definition) is 3. The Labute approximate surface area is 139 Å². The van der Waals surface area contributed by atoms with E-state index in [0.29, 0.717) is 5.92 Å². The van der Waals surface area contributed by atoms with Gasteiger partial charge in [-0.15, -0.1) is 12.4 Å². The van der Waals surface area contributed by atoms with Crippen LogP contribution >= 0.6 is 12.4 Å². The van der Waals surface area contributed by atoms with Crippen molar-refractivity contribution < 1.29 is 0 Å². The van der Waals surface area contributed by atoms with Gasteiger partial charge in [-0.25, -0.2) is 0 Å². The van der Waals surface area contributed by atoms with E-state index in [0.717, 1.165) is 38.3 Å². The standard InChI is InChI=1S/C16H27N5.ClH/c1-5-6-20-12-16(14(4)19-20)9-17-7-15-8-18-21(11-15)10-13(2)3;/h8,11-13,17H,5-7,9-10H2,1-4H3;1H. The molecule has 124 valence electrons. The van der Waals surface area contributed by atoms with Crippen LogP contribution in [0.25, 0.3) is 0 Å². The summed E-state index contributed by atoms with van der Waals surface area (Å²) in [6.07, 6.45) is 7.33. The van der Waals surface area contributed by atoms with Crippen LogP contribution in [0.1, 0.15) is 44.0 Å². The minimum absolute atomic E-state index is 0. The van der Waals surface area contributed by atoms with Gasteiger partial charge in [0.2, 0.25) is 0 Å². The Kier molecular flexibility index (Phi) is 7.62. The molecule has 0 bridgehead atoms. The summed E-state index contributed by atoms with van der Waals surface area (Å²) < 4.78 is 4.05. The zero-order valence-electron chi connectivity index (χ0n) is 14.0. The number of rotatable bonds is 8. The maximum Gasteiger partial charge on any atom is 0.0638 e. The van der Waals surface area contributed by atoms with Gasteiger partial charge in [0.05, 0.1) is 11.9 Å². The van der Waals surface area contributed by atoms with Crippen LogP contribution in [0, 0.1) is 12.8 Å². The van der Waals surface area contributed by atoms with E-state index in [9.17, 15) is 0 Å². The molecule has 0 unspecified atom stereocenters. The zero-order chi connectivity index (χ0) is 15.2. The van der Waals surface area contributed by atoms with Crippen LogP contribution in [0.2, 0.25) is 0 Å². The summed E-state index contributed by atoms with van der Waals surface area (Å²) in [5.74, 6) is 0.623. The van der Waals surface area contributed by atoms with E-state index in [1.54, 1.807) is 0 Å². The predicted molar refractivity (Wildman–Crippen MR) is 92.1 cm³/mol. The molecule has 0 atom stereocenters. The molecule has 0 aliphatic heterocycles. The van der Waals surface area contributed by atoms with Crippen LogP contribution in [0.15, 0.2) is 18.6 Å². The van der Waals surface area contributed by atoms with E-state index in [1.807, 2.05) is 15.6 Å². The Hall–Kier alpha value is -1.33. The summed E-state index contributed by atoms with van der Waals surface area (Å²) >= 11 is 0. The first kappa shape index (κ1) is 18.7. The fourth-order valence-corrected chi connectivity index (χ4v) is 2.39. The molecule has 0 amide bonds. The SMILES string of the molecule is CCCn1cc(CNCc2cnn(CC(C)C)c2)c(C)n1.Cl. The maximum absolute atomic E-state index is 4.52. The second-order valence-corrected chi connectivity index (χ2v) is 6.07. The highest BCUT2D eigenvalue weighted by Gasteiger charge is 2.05.